The van der Waals surface area contributed by atoms with Crippen LogP contribution in [0.5, 0.6) is 11.5 Å². The molecule has 2 atom stereocenters. The number of thiocarbonyl (C=S) groups is 1. The number of nitrogens with zero attached hydrogens (tertiary/aromatic N) is 4. The second-order valence-electron chi connectivity index (χ2n) is 8.25. The van der Waals surface area contributed by atoms with E-state index in [0.29, 0.717) is 52.7 Å². The van der Waals surface area contributed by atoms with Crippen molar-refractivity contribution in [1.29, 1.82) is 5.26 Å². The van der Waals surface area contributed by atoms with E-state index in [1.807, 2.05) is 36.9 Å². The van der Waals surface area contributed by atoms with E-state index in [1.165, 1.54) is 11.8 Å². The fourth-order valence-corrected chi connectivity index (χ4v) is 5.38. The Hall–Kier alpha value is -3.07. The number of aromatic nitrogens is 1. The molecule has 2 aliphatic rings. The topological polar surface area (TPSA) is 101 Å². The third-order valence-corrected chi connectivity index (χ3v) is 7.02. The fraction of sp³-hybridized carbons (Fsp3) is 0.417. The van der Waals surface area contributed by atoms with Crippen LogP contribution in [0.3, 0.4) is 0 Å². The van der Waals surface area contributed by atoms with Gasteiger partial charge in [-0.15, -0.1) is 0 Å². The molecule has 184 valence electrons. The van der Waals surface area contributed by atoms with Crippen LogP contribution in [-0.4, -0.2) is 66.2 Å². The van der Waals surface area contributed by atoms with Gasteiger partial charge in [0, 0.05) is 25.7 Å². The van der Waals surface area contributed by atoms with Crippen molar-refractivity contribution in [1.82, 2.24) is 9.88 Å². The lowest BCUT2D eigenvalue weighted by Gasteiger charge is -2.34. The molecule has 9 nitrogen and oxygen atoms in total. The molecule has 2 unspecified atom stereocenters. The summed E-state index contributed by atoms with van der Waals surface area (Å²) in [5, 5.41) is 9.57. The molecule has 1 aromatic carbocycles. The van der Waals surface area contributed by atoms with Crippen molar-refractivity contribution in [2.24, 2.45) is 0 Å². The zero-order chi connectivity index (χ0) is 25.1. The molecular formula is C24H26N4O5S2. The van der Waals surface area contributed by atoms with Crippen molar-refractivity contribution in [3.63, 3.8) is 0 Å². The predicted octanol–water partition coefficient (Wildman–Crippen LogP) is 3.62. The largest absolute Gasteiger partial charge is 0.493 e. The van der Waals surface area contributed by atoms with E-state index in [2.05, 4.69) is 11.1 Å². The second kappa shape index (κ2) is 10.7. The fourth-order valence-electron chi connectivity index (χ4n) is 4.10. The van der Waals surface area contributed by atoms with Gasteiger partial charge in [-0.2, -0.15) is 10.2 Å². The maximum atomic E-state index is 13.1. The van der Waals surface area contributed by atoms with Crippen LogP contribution in [-0.2, 0) is 16.0 Å². The first-order valence-corrected chi connectivity index (χ1v) is 12.3. The number of benzene rings is 1. The van der Waals surface area contributed by atoms with Crippen LogP contribution in [0.2, 0.25) is 0 Å². The van der Waals surface area contributed by atoms with Gasteiger partial charge in [0.1, 0.15) is 10.4 Å². The average Bonchev–Trinajstić information content (AvgIpc) is 3.37. The molecule has 4 rings (SSSR count). The number of hydrogen-bond donors (Lipinski definition) is 0. The van der Waals surface area contributed by atoms with E-state index >= 15 is 0 Å². The number of hydrogen-bond acceptors (Lipinski definition) is 10. The molecule has 1 aromatic heterocycles. The van der Waals surface area contributed by atoms with Gasteiger partial charge in [0.05, 0.1) is 31.3 Å². The highest BCUT2D eigenvalue weighted by Crippen LogP contribution is 2.34. The number of anilines is 1. The smallest absolute Gasteiger partial charge is 0.266 e. The van der Waals surface area contributed by atoms with E-state index in [4.69, 9.17) is 30.8 Å². The van der Waals surface area contributed by atoms with Crippen LogP contribution in [0.15, 0.2) is 27.5 Å². The molecular weight excluding hydrogens is 488 g/mol. The number of carbonyl (C=O) groups excluding carboxylic acids is 1. The molecule has 0 spiro atoms. The van der Waals surface area contributed by atoms with Gasteiger partial charge < -0.3 is 23.5 Å². The first-order valence-electron chi connectivity index (χ1n) is 11.1. The first-order chi connectivity index (χ1) is 16.8. The minimum absolute atomic E-state index is 0.000708. The van der Waals surface area contributed by atoms with E-state index in [1.54, 1.807) is 25.2 Å². The summed E-state index contributed by atoms with van der Waals surface area (Å²) < 4.78 is 22.8. The maximum Gasteiger partial charge on any atom is 0.266 e. The highest BCUT2D eigenvalue weighted by atomic mass is 32.2. The third kappa shape index (κ3) is 5.45. The number of nitriles is 1. The third-order valence-electron chi connectivity index (χ3n) is 5.64. The monoisotopic (exact) mass is 514 g/mol. The van der Waals surface area contributed by atoms with Gasteiger partial charge in [0.15, 0.2) is 11.5 Å². The predicted molar refractivity (Wildman–Crippen MR) is 137 cm³/mol. The number of rotatable bonds is 7. The molecule has 2 saturated heterocycles. The lowest BCUT2D eigenvalue weighted by atomic mass is 10.1. The van der Waals surface area contributed by atoms with E-state index in [-0.39, 0.29) is 29.7 Å². The van der Waals surface area contributed by atoms with Gasteiger partial charge in [-0.1, -0.05) is 30.0 Å². The van der Waals surface area contributed by atoms with Crippen molar-refractivity contribution in [2.45, 2.75) is 32.5 Å². The Bertz CT molecular complexity index is 1200. The van der Waals surface area contributed by atoms with E-state index < -0.39 is 0 Å². The number of thioether (sulfide) groups is 1. The Morgan fingerprint density at radius 3 is 2.63 bits per heavy atom. The van der Waals surface area contributed by atoms with Crippen LogP contribution in [0.1, 0.15) is 31.0 Å². The number of amides is 1. The normalized spacial score (nSPS) is 21.5. The first kappa shape index (κ1) is 25.0. The summed E-state index contributed by atoms with van der Waals surface area (Å²) in [5.74, 6) is 1.65. The highest BCUT2D eigenvalue weighted by Gasteiger charge is 2.33. The van der Waals surface area contributed by atoms with Crippen LogP contribution in [0, 0.1) is 11.3 Å². The minimum atomic E-state index is -0.215. The Labute approximate surface area is 213 Å². The Balaban J connectivity index is 1.48. The maximum absolute atomic E-state index is 13.1. The minimum Gasteiger partial charge on any atom is -0.493 e. The standard InChI is InChI=1S/C24H26N4O5S2/c1-14-12-27(13-15(2)32-14)23-17(11-25)26-21(33-23)10-20-22(29)28(24(34)35-20)8-7-16-5-6-18(30-3)19(9-16)31-4/h5-6,9-10,14-15H,7-8,12-13H2,1-4H3. The molecule has 0 saturated carbocycles. The quantitative estimate of drug-likeness (QED) is 0.402. The van der Waals surface area contributed by atoms with Gasteiger partial charge in [0.25, 0.3) is 5.91 Å². The summed E-state index contributed by atoms with van der Waals surface area (Å²) in [7, 11) is 3.17. The van der Waals surface area contributed by atoms with E-state index in [9.17, 15) is 10.1 Å². The lowest BCUT2D eigenvalue weighted by molar-refractivity contribution is -0.122. The van der Waals surface area contributed by atoms with Gasteiger partial charge in [-0.3, -0.25) is 9.69 Å². The molecule has 3 heterocycles. The van der Waals surface area contributed by atoms with E-state index in [0.717, 1.165) is 5.56 Å². The van der Waals surface area contributed by atoms with Crippen molar-refractivity contribution in [3.8, 4) is 17.6 Å². The summed E-state index contributed by atoms with van der Waals surface area (Å²) in [6.07, 6.45) is 2.14. The number of carbonyl (C=O) groups is 1. The Morgan fingerprint density at radius 2 is 1.97 bits per heavy atom. The molecule has 0 N–H and O–H groups in total. The average molecular weight is 515 g/mol. The molecule has 0 radical (unpaired) electrons. The molecule has 0 aliphatic carbocycles. The highest BCUT2D eigenvalue weighted by molar-refractivity contribution is 8.26. The van der Waals surface area contributed by atoms with Crippen LogP contribution < -0.4 is 14.4 Å². The number of ether oxygens (including phenoxy) is 3. The van der Waals surface area contributed by atoms with Gasteiger partial charge in [-0.05, 0) is 38.0 Å². The van der Waals surface area contributed by atoms with Crippen LogP contribution in [0.25, 0.3) is 6.08 Å². The van der Waals surface area contributed by atoms with Crippen molar-refractivity contribution in [2.75, 3.05) is 38.8 Å². The van der Waals surface area contributed by atoms with Crippen molar-refractivity contribution >= 4 is 46.2 Å². The van der Waals surface area contributed by atoms with Crippen molar-refractivity contribution < 1.29 is 23.4 Å². The number of methoxy groups -OCH3 is 2. The van der Waals surface area contributed by atoms with Gasteiger partial charge in [0.2, 0.25) is 17.5 Å². The van der Waals surface area contributed by atoms with Crippen LogP contribution in [0.4, 0.5) is 5.88 Å². The molecule has 11 heteroatoms. The molecule has 2 fully saturated rings. The van der Waals surface area contributed by atoms with Gasteiger partial charge in [-0.25, -0.2) is 0 Å². The molecule has 1 amide bonds. The Morgan fingerprint density at radius 1 is 1.26 bits per heavy atom. The lowest BCUT2D eigenvalue weighted by Crippen LogP contribution is -2.45. The van der Waals surface area contributed by atoms with Gasteiger partial charge >= 0.3 is 0 Å². The molecule has 2 aliphatic heterocycles. The molecule has 0 bridgehead atoms. The summed E-state index contributed by atoms with van der Waals surface area (Å²) >= 11 is 6.65. The summed E-state index contributed by atoms with van der Waals surface area (Å²) in [6.45, 7) is 5.54. The SMILES string of the molecule is COc1ccc(CCN2C(=O)C(=Cc3nc(C#N)c(N4CC(C)OC(C)C4)o3)SC2=S)cc1OC. The zero-order valence-electron chi connectivity index (χ0n) is 19.9. The summed E-state index contributed by atoms with van der Waals surface area (Å²) in [4.78, 5) is 21.3. The second-order valence-corrected chi connectivity index (χ2v) is 9.93. The Kier molecular flexibility index (Phi) is 7.64. The van der Waals surface area contributed by atoms with Crippen LogP contribution >= 0.6 is 24.0 Å². The summed E-state index contributed by atoms with van der Waals surface area (Å²) in [6, 6.07) is 7.74. The number of oxazole rings is 1. The molecule has 2 aromatic rings. The van der Waals surface area contributed by atoms with Crippen molar-refractivity contribution in [3.05, 3.63) is 40.3 Å². The number of morpholine rings is 1. The zero-order valence-corrected chi connectivity index (χ0v) is 21.6. The summed E-state index contributed by atoms with van der Waals surface area (Å²) in [5.41, 5.74) is 1.17. The molecule has 35 heavy (non-hydrogen) atoms.